The van der Waals surface area contributed by atoms with Crippen LogP contribution in [0.25, 0.3) is 0 Å². The highest BCUT2D eigenvalue weighted by Gasteiger charge is 2.42. The van der Waals surface area contributed by atoms with Crippen LogP contribution in [0.2, 0.25) is 0 Å². The van der Waals surface area contributed by atoms with Crippen molar-refractivity contribution in [2.24, 2.45) is 5.41 Å². The molecule has 1 aromatic heterocycles. The number of Topliss-reactive ketones (excluding diaryl/α,β-unsaturated/α-hetero) is 1. The Kier molecular flexibility index (Phi) is 5.29. The summed E-state index contributed by atoms with van der Waals surface area (Å²) in [4.78, 5) is 18.1. The highest BCUT2D eigenvalue weighted by molar-refractivity contribution is 7.98. The van der Waals surface area contributed by atoms with Crippen LogP contribution < -0.4 is 10.1 Å². The van der Waals surface area contributed by atoms with Gasteiger partial charge in [-0.3, -0.25) is 4.79 Å². The molecule has 32 heavy (non-hydrogen) atoms. The molecule has 0 saturated heterocycles. The fourth-order valence-electron chi connectivity index (χ4n) is 4.55. The van der Waals surface area contributed by atoms with Gasteiger partial charge in [-0.1, -0.05) is 74.1 Å². The first-order valence-corrected chi connectivity index (χ1v) is 11.7. The molecule has 1 aliphatic heterocycles. The van der Waals surface area contributed by atoms with Gasteiger partial charge in [-0.25, -0.2) is 4.68 Å². The van der Waals surface area contributed by atoms with Crippen LogP contribution in [0.15, 0.2) is 71.0 Å². The van der Waals surface area contributed by atoms with Crippen LogP contribution in [0.3, 0.4) is 0 Å². The number of carbonyl (C=O) groups is 1. The molecular formula is C25H26N4O2S. The Morgan fingerprint density at radius 1 is 1.12 bits per heavy atom. The highest BCUT2D eigenvalue weighted by Crippen LogP contribution is 2.47. The summed E-state index contributed by atoms with van der Waals surface area (Å²) in [6, 6.07) is 17.8. The van der Waals surface area contributed by atoms with Gasteiger partial charge in [0.05, 0.1) is 7.11 Å². The Hall–Kier alpha value is -3.06. The summed E-state index contributed by atoms with van der Waals surface area (Å²) in [5.41, 5.74) is 3.76. The van der Waals surface area contributed by atoms with Crippen molar-refractivity contribution in [2.75, 3.05) is 12.4 Å². The van der Waals surface area contributed by atoms with Gasteiger partial charge in [0.15, 0.2) is 5.78 Å². The standard InChI is InChI=1S/C25H26N4O2S/c1-25(2)13-18-21(19(30)14-25)22(17-11-7-8-12-20(17)31-3)29-23(26-18)27-24(28-29)32-15-16-9-5-4-6-10-16/h4-12,22H,13-15H2,1-3H3,(H,26,27,28). The molecule has 1 N–H and O–H groups in total. The van der Waals surface area contributed by atoms with Gasteiger partial charge >= 0.3 is 0 Å². The van der Waals surface area contributed by atoms with Crippen LogP contribution in [-0.2, 0) is 10.5 Å². The maximum absolute atomic E-state index is 13.3. The average molecular weight is 447 g/mol. The number of nitrogens with one attached hydrogen (secondary N) is 1. The van der Waals surface area contributed by atoms with E-state index in [9.17, 15) is 4.79 Å². The van der Waals surface area contributed by atoms with Crippen LogP contribution >= 0.6 is 11.8 Å². The van der Waals surface area contributed by atoms with Crippen LogP contribution in [0.4, 0.5) is 5.95 Å². The van der Waals surface area contributed by atoms with Crippen LogP contribution in [0.1, 0.15) is 43.9 Å². The molecule has 6 nitrogen and oxygen atoms in total. The number of para-hydroxylation sites is 1. The van der Waals surface area contributed by atoms with Crippen LogP contribution in [0, 0.1) is 5.41 Å². The first-order chi connectivity index (χ1) is 15.4. The first kappa shape index (κ1) is 20.8. The molecule has 1 unspecified atom stereocenters. The van der Waals surface area contributed by atoms with E-state index in [1.54, 1.807) is 18.9 Å². The number of anilines is 1. The number of thioether (sulfide) groups is 1. The van der Waals surface area contributed by atoms with E-state index in [4.69, 9.17) is 14.8 Å². The number of carbonyl (C=O) groups excluding carboxylic acids is 1. The number of hydrogen-bond donors (Lipinski definition) is 1. The zero-order valence-corrected chi connectivity index (χ0v) is 19.3. The van der Waals surface area contributed by atoms with Crippen molar-refractivity contribution >= 4 is 23.5 Å². The maximum Gasteiger partial charge on any atom is 0.227 e. The van der Waals surface area contributed by atoms with E-state index in [-0.39, 0.29) is 17.2 Å². The van der Waals surface area contributed by atoms with Crippen molar-refractivity contribution in [1.29, 1.82) is 0 Å². The number of aromatic nitrogens is 3. The van der Waals surface area contributed by atoms with E-state index in [2.05, 4.69) is 31.3 Å². The molecule has 3 aromatic rings. The maximum atomic E-state index is 13.3. The molecule has 1 atom stereocenters. The minimum Gasteiger partial charge on any atom is -0.496 e. The van der Waals surface area contributed by atoms with Crippen molar-refractivity contribution in [3.8, 4) is 5.75 Å². The number of benzene rings is 2. The molecule has 2 heterocycles. The zero-order valence-electron chi connectivity index (χ0n) is 18.5. The Balaban J connectivity index is 1.57. The van der Waals surface area contributed by atoms with E-state index < -0.39 is 0 Å². The van der Waals surface area contributed by atoms with E-state index in [0.29, 0.717) is 17.5 Å². The Morgan fingerprint density at radius 2 is 1.88 bits per heavy atom. The number of fused-ring (bicyclic) bond motifs is 1. The number of rotatable bonds is 5. The molecule has 7 heteroatoms. The lowest BCUT2D eigenvalue weighted by Crippen LogP contribution is -2.36. The molecule has 0 bridgehead atoms. The van der Waals surface area contributed by atoms with E-state index >= 15 is 0 Å². The van der Waals surface area contributed by atoms with E-state index in [1.165, 1.54) is 5.56 Å². The Labute approximate surface area is 192 Å². The van der Waals surface area contributed by atoms with Crippen LogP contribution in [-0.4, -0.2) is 27.7 Å². The van der Waals surface area contributed by atoms with Gasteiger partial charge in [-0.05, 0) is 23.5 Å². The van der Waals surface area contributed by atoms with Gasteiger partial charge < -0.3 is 10.1 Å². The molecule has 0 amide bonds. The minimum atomic E-state index is -0.362. The molecule has 164 valence electrons. The third kappa shape index (κ3) is 3.81. The van der Waals surface area contributed by atoms with Gasteiger partial charge in [0.2, 0.25) is 11.1 Å². The summed E-state index contributed by atoms with van der Waals surface area (Å²) < 4.78 is 7.51. The van der Waals surface area contributed by atoms with Gasteiger partial charge in [0.25, 0.3) is 0 Å². The lowest BCUT2D eigenvalue weighted by Gasteiger charge is -2.38. The molecule has 1 aliphatic carbocycles. The number of nitrogens with zero attached hydrogens (tertiary/aromatic N) is 3. The third-order valence-electron chi connectivity index (χ3n) is 5.96. The summed E-state index contributed by atoms with van der Waals surface area (Å²) in [5, 5.41) is 8.94. The number of hydrogen-bond acceptors (Lipinski definition) is 6. The van der Waals surface area contributed by atoms with E-state index in [0.717, 1.165) is 34.8 Å². The van der Waals surface area contributed by atoms with Crippen molar-refractivity contribution in [3.05, 3.63) is 77.0 Å². The zero-order chi connectivity index (χ0) is 22.3. The Bertz CT molecular complexity index is 1200. The first-order valence-electron chi connectivity index (χ1n) is 10.7. The second-order valence-electron chi connectivity index (χ2n) is 9.04. The quantitative estimate of drug-likeness (QED) is 0.541. The van der Waals surface area contributed by atoms with Gasteiger partial charge in [-0.15, -0.1) is 5.10 Å². The SMILES string of the molecule is COc1ccccc1C1C2=C(CC(C)(C)CC2=O)Nc2nc(SCc3ccccc3)nn21. The summed E-state index contributed by atoms with van der Waals surface area (Å²) >= 11 is 1.59. The van der Waals surface area contributed by atoms with Crippen molar-refractivity contribution < 1.29 is 9.53 Å². The van der Waals surface area contributed by atoms with Gasteiger partial charge in [0, 0.05) is 29.0 Å². The third-order valence-corrected chi connectivity index (χ3v) is 6.87. The topological polar surface area (TPSA) is 69.0 Å². The highest BCUT2D eigenvalue weighted by atomic mass is 32.2. The van der Waals surface area contributed by atoms with Crippen LogP contribution in [0.5, 0.6) is 5.75 Å². The predicted octanol–water partition coefficient (Wildman–Crippen LogP) is 5.24. The number of ether oxygens (including phenoxy) is 1. The molecule has 0 fully saturated rings. The van der Waals surface area contributed by atoms with Crippen molar-refractivity contribution in [1.82, 2.24) is 14.8 Å². The predicted molar refractivity (Wildman–Crippen MR) is 126 cm³/mol. The molecule has 5 rings (SSSR count). The second kappa shape index (κ2) is 8.13. The van der Waals surface area contributed by atoms with Crippen molar-refractivity contribution in [3.63, 3.8) is 0 Å². The van der Waals surface area contributed by atoms with Gasteiger partial charge in [-0.2, -0.15) is 4.98 Å². The Morgan fingerprint density at radius 3 is 2.66 bits per heavy atom. The minimum absolute atomic E-state index is 0.0959. The molecule has 2 aliphatic rings. The fraction of sp³-hybridized carbons (Fsp3) is 0.320. The van der Waals surface area contributed by atoms with E-state index in [1.807, 2.05) is 47.1 Å². The number of methoxy groups -OCH3 is 1. The molecule has 0 spiro atoms. The summed E-state index contributed by atoms with van der Waals surface area (Å²) in [5.74, 6) is 2.34. The lowest BCUT2D eigenvalue weighted by atomic mass is 9.73. The van der Waals surface area contributed by atoms with Gasteiger partial charge in [0.1, 0.15) is 11.8 Å². The second-order valence-corrected chi connectivity index (χ2v) is 9.98. The average Bonchev–Trinajstić information content (AvgIpc) is 3.18. The monoisotopic (exact) mass is 446 g/mol. The number of ketones is 1. The molecule has 0 saturated carbocycles. The van der Waals surface area contributed by atoms with Crippen molar-refractivity contribution in [2.45, 2.75) is 43.6 Å². The summed E-state index contributed by atoms with van der Waals surface area (Å²) in [6.07, 6.45) is 1.30. The lowest BCUT2D eigenvalue weighted by molar-refractivity contribution is -0.118. The molecule has 2 aromatic carbocycles. The summed E-state index contributed by atoms with van der Waals surface area (Å²) in [7, 11) is 1.66. The normalized spacial score (nSPS) is 19.2. The summed E-state index contributed by atoms with van der Waals surface area (Å²) in [6.45, 7) is 4.27. The fourth-order valence-corrected chi connectivity index (χ4v) is 5.34. The largest absolute Gasteiger partial charge is 0.496 e. The number of allylic oxidation sites excluding steroid dienone is 2. The molecular weight excluding hydrogens is 420 g/mol. The smallest absolute Gasteiger partial charge is 0.227 e. The molecule has 0 radical (unpaired) electrons.